The van der Waals surface area contributed by atoms with Gasteiger partial charge in [-0.3, -0.25) is 0 Å². The largest absolute Gasteiger partial charge is 0.362 e. The standard InChI is InChI=1S/C8H8ClNO/c9-7-1-2-8-6(3-7)4-11-5-10-8/h1-3,10H,4-5H2. The molecular weight excluding hydrogens is 162 g/mol. The Bertz CT molecular complexity index is 275. The number of anilines is 1. The molecule has 0 fully saturated rings. The molecule has 0 aromatic heterocycles. The van der Waals surface area contributed by atoms with Gasteiger partial charge in [-0.15, -0.1) is 0 Å². The predicted octanol–water partition coefficient (Wildman–Crippen LogP) is 2.24. The fraction of sp³-hybridized carbons (Fsp3) is 0.250. The first-order chi connectivity index (χ1) is 5.36. The third kappa shape index (κ3) is 1.32. The van der Waals surface area contributed by atoms with Crippen LogP contribution in [0.25, 0.3) is 0 Å². The zero-order valence-electron chi connectivity index (χ0n) is 5.93. The van der Waals surface area contributed by atoms with Crippen molar-refractivity contribution >= 4 is 17.3 Å². The monoisotopic (exact) mass is 169 g/mol. The van der Waals surface area contributed by atoms with Gasteiger partial charge in [-0.25, -0.2) is 0 Å². The molecule has 2 nitrogen and oxygen atoms in total. The van der Waals surface area contributed by atoms with Gasteiger partial charge in [0.15, 0.2) is 0 Å². The lowest BCUT2D eigenvalue weighted by molar-refractivity contribution is 0.130. The number of rotatable bonds is 0. The second-order valence-electron chi connectivity index (χ2n) is 2.47. The fourth-order valence-corrected chi connectivity index (χ4v) is 1.34. The van der Waals surface area contributed by atoms with E-state index in [-0.39, 0.29) is 0 Å². The number of ether oxygens (including phenoxy) is 1. The molecule has 0 radical (unpaired) electrons. The van der Waals surface area contributed by atoms with Crippen LogP contribution < -0.4 is 5.32 Å². The first-order valence-corrected chi connectivity index (χ1v) is 3.84. The van der Waals surface area contributed by atoms with Crippen molar-refractivity contribution < 1.29 is 4.74 Å². The Morgan fingerprint density at radius 3 is 3.27 bits per heavy atom. The van der Waals surface area contributed by atoms with Gasteiger partial charge in [0.1, 0.15) is 6.73 Å². The van der Waals surface area contributed by atoms with Crippen LogP contribution in [0.5, 0.6) is 0 Å². The van der Waals surface area contributed by atoms with Crippen molar-refractivity contribution in [2.24, 2.45) is 0 Å². The van der Waals surface area contributed by atoms with Gasteiger partial charge in [-0.1, -0.05) is 11.6 Å². The van der Waals surface area contributed by atoms with Crippen molar-refractivity contribution in [3.05, 3.63) is 28.8 Å². The van der Waals surface area contributed by atoms with Gasteiger partial charge < -0.3 is 10.1 Å². The summed E-state index contributed by atoms with van der Waals surface area (Å²) in [7, 11) is 0. The molecule has 0 bridgehead atoms. The quantitative estimate of drug-likeness (QED) is 0.643. The molecule has 1 aromatic carbocycles. The van der Waals surface area contributed by atoms with E-state index in [1.807, 2.05) is 18.2 Å². The van der Waals surface area contributed by atoms with Gasteiger partial charge in [0, 0.05) is 16.3 Å². The van der Waals surface area contributed by atoms with Crippen LogP contribution in [0, 0.1) is 0 Å². The van der Waals surface area contributed by atoms with Crippen molar-refractivity contribution in [2.45, 2.75) is 6.61 Å². The summed E-state index contributed by atoms with van der Waals surface area (Å²) in [5, 5.41) is 3.87. The van der Waals surface area contributed by atoms with E-state index in [4.69, 9.17) is 16.3 Å². The Balaban J connectivity index is 2.43. The topological polar surface area (TPSA) is 21.3 Å². The van der Waals surface area contributed by atoms with Crippen LogP contribution in [0.3, 0.4) is 0 Å². The van der Waals surface area contributed by atoms with E-state index in [0.29, 0.717) is 13.3 Å². The first-order valence-electron chi connectivity index (χ1n) is 3.46. The average Bonchev–Trinajstić information content (AvgIpc) is 2.04. The number of fused-ring (bicyclic) bond motifs is 1. The molecule has 11 heavy (non-hydrogen) atoms. The summed E-state index contributed by atoms with van der Waals surface area (Å²) in [5.74, 6) is 0. The molecule has 0 saturated carbocycles. The molecule has 1 aromatic rings. The maximum absolute atomic E-state index is 5.79. The second-order valence-corrected chi connectivity index (χ2v) is 2.91. The van der Waals surface area contributed by atoms with E-state index in [1.165, 1.54) is 0 Å². The number of hydrogen-bond donors (Lipinski definition) is 1. The lowest BCUT2D eigenvalue weighted by Crippen LogP contribution is -2.13. The second kappa shape index (κ2) is 2.72. The Kier molecular flexibility index (Phi) is 1.72. The van der Waals surface area contributed by atoms with Crippen molar-refractivity contribution in [1.29, 1.82) is 0 Å². The van der Waals surface area contributed by atoms with Gasteiger partial charge in [-0.2, -0.15) is 0 Å². The number of hydrogen-bond acceptors (Lipinski definition) is 2. The minimum Gasteiger partial charge on any atom is -0.362 e. The molecule has 0 amide bonds. The van der Waals surface area contributed by atoms with Crippen LogP contribution in [-0.2, 0) is 11.3 Å². The molecule has 0 aliphatic carbocycles. The fourth-order valence-electron chi connectivity index (χ4n) is 1.14. The van der Waals surface area contributed by atoms with Crippen LogP contribution in [0.4, 0.5) is 5.69 Å². The van der Waals surface area contributed by atoms with E-state index in [1.54, 1.807) is 0 Å². The SMILES string of the molecule is Clc1ccc2c(c1)COCN2. The van der Waals surface area contributed by atoms with Gasteiger partial charge in [0.25, 0.3) is 0 Å². The Morgan fingerprint density at radius 1 is 1.45 bits per heavy atom. The maximum atomic E-state index is 5.79. The highest BCUT2D eigenvalue weighted by Gasteiger charge is 2.07. The zero-order valence-corrected chi connectivity index (χ0v) is 6.69. The molecule has 0 spiro atoms. The summed E-state index contributed by atoms with van der Waals surface area (Å²) in [6.45, 7) is 1.25. The van der Waals surface area contributed by atoms with Gasteiger partial charge >= 0.3 is 0 Å². The highest BCUT2D eigenvalue weighted by atomic mass is 35.5. The lowest BCUT2D eigenvalue weighted by atomic mass is 10.2. The summed E-state index contributed by atoms with van der Waals surface area (Å²) in [4.78, 5) is 0. The molecule has 1 N–H and O–H groups in total. The van der Waals surface area contributed by atoms with Crippen LogP contribution in [0.2, 0.25) is 5.02 Å². The molecular formula is C8H8ClNO. The summed E-state index contributed by atoms with van der Waals surface area (Å²) in [6.07, 6.45) is 0. The van der Waals surface area contributed by atoms with Crippen molar-refractivity contribution in [2.75, 3.05) is 12.0 Å². The highest BCUT2D eigenvalue weighted by molar-refractivity contribution is 6.30. The summed E-state index contributed by atoms with van der Waals surface area (Å²) < 4.78 is 5.18. The van der Waals surface area contributed by atoms with E-state index in [2.05, 4.69) is 5.32 Å². The van der Waals surface area contributed by atoms with E-state index in [0.717, 1.165) is 16.3 Å². The Labute approximate surface area is 70.1 Å². The van der Waals surface area contributed by atoms with Crippen LogP contribution in [0.1, 0.15) is 5.56 Å². The molecule has 1 aliphatic heterocycles. The number of benzene rings is 1. The molecule has 1 aliphatic rings. The predicted molar refractivity (Wildman–Crippen MR) is 44.7 cm³/mol. The first kappa shape index (κ1) is 6.95. The lowest BCUT2D eigenvalue weighted by Gasteiger charge is -2.17. The summed E-state index contributed by atoms with van der Waals surface area (Å²) >= 11 is 5.79. The third-order valence-electron chi connectivity index (χ3n) is 1.69. The molecule has 3 heteroatoms. The average molecular weight is 170 g/mol. The summed E-state index contributed by atoms with van der Waals surface area (Å²) in [6, 6.07) is 5.77. The van der Waals surface area contributed by atoms with Crippen molar-refractivity contribution in [3.8, 4) is 0 Å². The molecule has 1 heterocycles. The smallest absolute Gasteiger partial charge is 0.116 e. The van der Waals surface area contributed by atoms with E-state index < -0.39 is 0 Å². The maximum Gasteiger partial charge on any atom is 0.116 e. The molecule has 0 atom stereocenters. The Hall–Kier alpha value is -0.730. The molecule has 58 valence electrons. The molecule has 2 rings (SSSR count). The van der Waals surface area contributed by atoms with Crippen LogP contribution >= 0.6 is 11.6 Å². The van der Waals surface area contributed by atoms with Crippen LogP contribution in [-0.4, -0.2) is 6.73 Å². The minimum atomic E-state index is 0.592. The van der Waals surface area contributed by atoms with Gasteiger partial charge in [0.05, 0.1) is 6.61 Å². The Morgan fingerprint density at radius 2 is 2.36 bits per heavy atom. The number of halogens is 1. The van der Waals surface area contributed by atoms with E-state index >= 15 is 0 Å². The van der Waals surface area contributed by atoms with Crippen LogP contribution in [0.15, 0.2) is 18.2 Å². The molecule has 0 saturated heterocycles. The van der Waals surface area contributed by atoms with Gasteiger partial charge in [0.2, 0.25) is 0 Å². The summed E-state index contributed by atoms with van der Waals surface area (Å²) in [5.41, 5.74) is 2.25. The van der Waals surface area contributed by atoms with Crippen molar-refractivity contribution in [3.63, 3.8) is 0 Å². The zero-order chi connectivity index (χ0) is 7.68. The third-order valence-corrected chi connectivity index (χ3v) is 1.92. The van der Waals surface area contributed by atoms with Gasteiger partial charge in [-0.05, 0) is 18.2 Å². The van der Waals surface area contributed by atoms with E-state index in [9.17, 15) is 0 Å². The number of nitrogens with one attached hydrogen (secondary N) is 1. The minimum absolute atomic E-state index is 0.592. The highest BCUT2D eigenvalue weighted by Crippen LogP contribution is 2.23. The molecule has 0 unspecified atom stereocenters. The normalized spacial score (nSPS) is 15.4. The van der Waals surface area contributed by atoms with Crippen molar-refractivity contribution in [1.82, 2.24) is 0 Å².